The SMILES string of the molecule is CONC(=O)COc1ccc2c(C)cc(=O)oc2c1. The lowest BCUT2D eigenvalue weighted by molar-refractivity contribution is -0.133. The summed E-state index contributed by atoms with van der Waals surface area (Å²) in [6, 6.07) is 6.48. The molecule has 1 amide bonds. The van der Waals surface area contributed by atoms with Crippen LogP contribution in [0.4, 0.5) is 0 Å². The van der Waals surface area contributed by atoms with Crippen molar-refractivity contribution >= 4 is 16.9 Å². The molecule has 1 N–H and O–H groups in total. The number of ether oxygens (including phenoxy) is 1. The lowest BCUT2D eigenvalue weighted by Gasteiger charge is -2.07. The highest BCUT2D eigenvalue weighted by atomic mass is 16.6. The number of carbonyl (C=O) groups excluding carboxylic acids is 1. The van der Waals surface area contributed by atoms with Crippen LogP contribution in [-0.4, -0.2) is 19.6 Å². The van der Waals surface area contributed by atoms with Crippen LogP contribution in [0.5, 0.6) is 5.75 Å². The van der Waals surface area contributed by atoms with Gasteiger partial charge in [-0.25, -0.2) is 10.3 Å². The predicted molar refractivity (Wildman–Crippen MR) is 67.9 cm³/mol. The van der Waals surface area contributed by atoms with E-state index in [0.29, 0.717) is 11.3 Å². The van der Waals surface area contributed by atoms with Crippen molar-refractivity contribution in [3.8, 4) is 5.75 Å². The van der Waals surface area contributed by atoms with Crippen LogP contribution in [0.25, 0.3) is 11.0 Å². The van der Waals surface area contributed by atoms with Crippen molar-refractivity contribution in [1.29, 1.82) is 0 Å². The molecule has 19 heavy (non-hydrogen) atoms. The molecule has 0 unspecified atom stereocenters. The van der Waals surface area contributed by atoms with E-state index >= 15 is 0 Å². The Morgan fingerprint density at radius 2 is 2.16 bits per heavy atom. The van der Waals surface area contributed by atoms with E-state index in [1.54, 1.807) is 18.2 Å². The van der Waals surface area contributed by atoms with Gasteiger partial charge in [-0.15, -0.1) is 0 Å². The highest BCUT2D eigenvalue weighted by Gasteiger charge is 2.06. The van der Waals surface area contributed by atoms with Gasteiger partial charge in [-0.3, -0.25) is 9.63 Å². The highest BCUT2D eigenvalue weighted by Crippen LogP contribution is 2.22. The van der Waals surface area contributed by atoms with Crippen LogP contribution < -0.4 is 15.8 Å². The zero-order valence-corrected chi connectivity index (χ0v) is 10.6. The Bertz CT molecular complexity index is 662. The third-order valence-corrected chi connectivity index (χ3v) is 2.51. The Morgan fingerprint density at radius 1 is 1.37 bits per heavy atom. The van der Waals surface area contributed by atoms with Gasteiger partial charge in [0.05, 0.1) is 7.11 Å². The molecule has 0 aliphatic rings. The topological polar surface area (TPSA) is 77.8 Å². The van der Waals surface area contributed by atoms with E-state index in [-0.39, 0.29) is 6.61 Å². The molecule has 6 nitrogen and oxygen atoms in total. The highest BCUT2D eigenvalue weighted by molar-refractivity contribution is 5.81. The number of nitrogens with one attached hydrogen (secondary N) is 1. The second-order valence-electron chi connectivity index (χ2n) is 3.92. The van der Waals surface area contributed by atoms with Gasteiger partial charge < -0.3 is 9.15 Å². The number of carbonyl (C=O) groups is 1. The summed E-state index contributed by atoms with van der Waals surface area (Å²) < 4.78 is 10.3. The molecule has 0 radical (unpaired) electrons. The summed E-state index contributed by atoms with van der Waals surface area (Å²) >= 11 is 0. The fourth-order valence-electron chi connectivity index (χ4n) is 1.69. The Labute approximate surface area is 108 Å². The molecule has 0 spiro atoms. The van der Waals surface area contributed by atoms with Gasteiger partial charge in [-0.05, 0) is 24.6 Å². The van der Waals surface area contributed by atoms with Gasteiger partial charge in [0, 0.05) is 17.5 Å². The fraction of sp³-hybridized carbons (Fsp3) is 0.231. The minimum Gasteiger partial charge on any atom is -0.484 e. The number of rotatable bonds is 4. The van der Waals surface area contributed by atoms with Crippen molar-refractivity contribution in [2.75, 3.05) is 13.7 Å². The molecule has 0 atom stereocenters. The molecule has 0 saturated heterocycles. The van der Waals surface area contributed by atoms with E-state index < -0.39 is 11.5 Å². The van der Waals surface area contributed by atoms with Gasteiger partial charge in [-0.2, -0.15) is 0 Å². The molecule has 0 saturated carbocycles. The quantitative estimate of drug-likeness (QED) is 0.661. The van der Waals surface area contributed by atoms with Crippen LogP contribution in [0.1, 0.15) is 5.56 Å². The Balaban J connectivity index is 2.22. The number of hydroxylamine groups is 1. The molecule has 1 heterocycles. The van der Waals surface area contributed by atoms with Gasteiger partial charge in [0.2, 0.25) is 0 Å². The molecule has 1 aromatic heterocycles. The zero-order valence-electron chi connectivity index (χ0n) is 10.6. The molecule has 0 aliphatic heterocycles. The maximum Gasteiger partial charge on any atom is 0.336 e. The van der Waals surface area contributed by atoms with Crippen LogP contribution in [0.2, 0.25) is 0 Å². The van der Waals surface area contributed by atoms with Gasteiger partial charge in [0.1, 0.15) is 11.3 Å². The normalized spacial score (nSPS) is 10.4. The molecule has 0 bridgehead atoms. The summed E-state index contributed by atoms with van der Waals surface area (Å²) in [5.41, 5.74) is 2.97. The number of fused-ring (bicyclic) bond motifs is 1. The minimum atomic E-state index is -0.417. The van der Waals surface area contributed by atoms with Crippen LogP contribution >= 0.6 is 0 Å². The standard InChI is InChI=1S/C13H13NO5/c1-8-5-13(16)19-11-6-9(3-4-10(8)11)18-7-12(15)14-17-2/h3-6H,7H2,1-2H3,(H,14,15). The molecule has 6 heteroatoms. The lowest BCUT2D eigenvalue weighted by Crippen LogP contribution is -2.27. The van der Waals surface area contributed by atoms with E-state index in [4.69, 9.17) is 9.15 Å². The first-order valence-electron chi connectivity index (χ1n) is 5.59. The van der Waals surface area contributed by atoms with Crippen molar-refractivity contribution in [3.05, 3.63) is 40.2 Å². The summed E-state index contributed by atoms with van der Waals surface area (Å²) in [5.74, 6) is 0.0285. The number of aryl methyl sites for hydroxylation is 1. The Morgan fingerprint density at radius 3 is 2.89 bits per heavy atom. The van der Waals surface area contributed by atoms with Crippen LogP contribution in [-0.2, 0) is 9.63 Å². The summed E-state index contributed by atoms with van der Waals surface area (Å²) in [7, 11) is 1.34. The van der Waals surface area contributed by atoms with E-state index in [1.165, 1.54) is 13.2 Å². The molecule has 2 rings (SSSR count). The van der Waals surface area contributed by atoms with Gasteiger partial charge in [-0.1, -0.05) is 0 Å². The summed E-state index contributed by atoms with van der Waals surface area (Å²) in [4.78, 5) is 26.9. The van der Waals surface area contributed by atoms with Crippen molar-refractivity contribution < 1.29 is 18.8 Å². The molecular weight excluding hydrogens is 250 g/mol. The first kappa shape index (κ1) is 13.1. The van der Waals surface area contributed by atoms with Crippen LogP contribution in [0, 0.1) is 6.92 Å². The monoisotopic (exact) mass is 263 g/mol. The minimum absolute atomic E-state index is 0.185. The second-order valence-corrected chi connectivity index (χ2v) is 3.92. The fourth-order valence-corrected chi connectivity index (χ4v) is 1.69. The van der Waals surface area contributed by atoms with Gasteiger partial charge in [0.15, 0.2) is 6.61 Å². The van der Waals surface area contributed by atoms with Crippen molar-refractivity contribution in [1.82, 2.24) is 5.48 Å². The third kappa shape index (κ3) is 3.11. The summed E-state index contributed by atoms with van der Waals surface area (Å²) in [5, 5.41) is 0.827. The molecular formula is C13H13NO5. The molecule has 0 aliphatic carbocycles. The van der Waals surface area contributed by atoms with Crippen molar-refractivity contribution in [3.63, 3.8) is 0 Å². The average Bonchev–Trinajstić information content (AvgIpc) is 2.36. The first-order valence-corrected chi connectivity index (χ1v) is 5.59. The number of hydrogen-bond donors (Lipinski definition) is 1. The number of benzene rings is 1. The van der Waals surface area contributed by atoms with Crippen molar-refractivity contribution in [2.24, 2.45) is 0 Å². The summed E-state index contributed by atoms with van der Waals surface area (Å²) in [6.07, 6.45) is 0. The number of hydrogen-bond acceptors (Lipinski definition) is 5. The molecule has 1 aromatic carbocycles. The van der Waals surface area contributed by atoms with Crippen molar-refractivity contribution in [2.45, 2.75) is 6.92 Å². The Kier molecular flexibility index (Phi) is 3.82. The van der Waals surface area contributed by atoms with Gasteiger partial charge >= 0.3 is 5.63 Å². The van der Waals surface area contributed by atoms with Gasteiger partial charge in [0.25, 0.3) is 5.91 Å². The van der Waals surface area contributed by atoms with E-state index in [1.807, 2.05) is 6.92 Å². The maximum absolute atomic E-state index is 11.3. The van der Waals surface area contributed by atoms with E-state index in [2.05, 4.69) is 10.3 Å². The average molecular weight is 263 g/mol. The predicted octanol–water partition coefficient (Wildman–Crippen LogP) is 1.16. The summed E-state index contributed by atoms with van der Waals surface area (Å²) in [6.45, 7) is 1.64. The second kappa shape index (κ2) is 5.53. The van der Waals surface area contributed by atoms with Crippen LogP contribution in [0.3, 0.4) is 0 Å². The zero-order chi connectivity index (χ0) is 13.8. The number of amides is 1. The lowest BCUT2D eigenvalue weighted by atomic mass is 10.1. The van der Waals surface area contributed by atoms with E-state index in [0.717, 1.165) is 10.9 Å². The Hall–Kier alpha value is -2.34. The molecule has 0 fully saturated rings. The van der Waals surface area contributed by atoms with Crippen LogP contribution in [0.15, 0.2) is 33.5 Å². The molecule has 100 valence electrons. The van der Waals surface area contributed by atoms with E-state index in [9.17, 15) is 9.59 Å². The smallest absolute Gasteiger partial charge is 0.336 e. The maximum atomic E-state index is 11.3. The molecule has 2 aromatic rings. The largest absolute Gasteiger partial charge is 0.484 e. The third-order valence-electron chi connectivity index (χ3n) is 2.51. The first-order chi connectivity index (χ1) is 9.10.